The van der Waals surface area contributed by atoms with E-state index >= 15 is 0 Å². The highest BCUT2D eigenvalue weighted by molar-refractivity contribution is 4.89. The average molecular weight is 170 g/mol. The molecule has 2 saturated heterocycles. The Morgan fingerprint density at radius 1 is 1.25 bits per heavy atom. The Hall–Kier alpha value is -0.120. The molecule has 0 aromatic rings. The van der Waals surface area contributed by atoms with Crippen LogP contribution in [-0.2, 0) is 4.74 Å². The first-order valence-electron chi connectivity index (χ1n) is 4.91. The maximum atomic E-state index is 5.47. The first-order chi connectivity index (χ1) is 5.92. The van der Waals surface area contributed by atoms with Crippen molar-refractivity contribution in [3.63, 3.8) is 0 Å². The normalized spacial score (nSPS) is 37.8. The van der Waals surface area contributed by atoms with Crippen LogP contribution in [0, 0.1) is 0 Å². The van der Waals surface area contributed by atoms with Crippen LogP contribution >= 0.6 is 0 Å². The molecule has 2 atom stereocenters. The van der Waals surface area contributed by atoms with E-state index in [1.807, 2.05) is 7.05 Å². The summed E-state index contributed by atoms with van der Waals surface area (Å²) in [6, 6.07) is 1.19. The number of hydrogen-bond donors (Lipinski definition) is 1. The average Bonchev–Trinajstić information content (AvgIpc) is 2.74. The second-order valence-electron chi connectivity index (χ2n) is 3.74. The Labute approximate surface area is 74.1 Å². The van der Waals surface area contributed by atoms with Crippen molar-refractivity contribution in [3.05, 3.63) is 0 Å². The highest BCUT2D eigenvalue weighted by Crippen LogP contribution is 2.18. The second-order valence-corrected chi connectivity index (χ2v) is 3.74. The summed E-state index contributed by atoms with van der Waals surface area (Å²) < 4.78 is 5.47. The van der Waals surface area contributed by atoms with Crippen molar-refractivity contribution in [1.82, 2.24) is 10.2 Å². The summed E-state index contributed by atoms with van der Waals surface area (Å²) in [7, 11) is 2.03. The van der Waals surface area contributed by atoms with Crippen LogP contribution in [-0.4, -0.2) is 50.3 Å². The maximum absolute atomic E-state index is 5.47. The molecule has 2 heterocycles. The van der Waals surface area contributed by atoms with Gasteiger partial charge < -0.3 is 10.1 Å². The fourth-order valence-electron chi connectivity index (χ4n) is 2.25. The quantitative estimate of drug-likeness (QED) is 0.634. The van der Waals surface area contributed by atoms with Gasteiger partial charge in [0.1, 0.15) is 0 Å². The first-order valence-corrected chi connectivity index (χ1v) is 4.91. The Balaban J connectivity index is 1.92. The number of likely N-dealkylation sites (tertiary alicyclic amines) is 1. The van der Waals surface area contributed by atoms with Gasteiger partial charge in [-0.2, -0.15) is 0 Å². The molecule has 3 heteroatoms. The van der Waals surface area contributed by atoms with Crippen LogP contribution in [0.15, 0.2) is 0 Å². The van der Waals surface area contributed by atoms with Gasteiger partial charge in [-0.25, -0.2) is 0 Å². The van der Waals surface area contributed by atoms with E-state index in [1.165, 1.54) is 25.9 Å². The van der Waals surface area contributed by atoms with Crippen LogP contribution in [0.5, 0.6) is 0 Å². The number of ether oxygens (including phenoxy) is 1. The SMILES string of the molecule is CN[C@H]1COC[C@@H]1N1CCCC1. The molecule has 2 fully saturated rings. The van der Waals surface area contributed by atoms with Crippen LogP contribution in [0.2, 0.25) is 0 Å². The molecule has 2 aliphatic heterocycles. The lowest BCUT2D eigenvalue weighted by Crippen LogP contribution is -2.47. The summed E-state index contributed by atoms with van der Waals surface area (Å²) in [4.78, 5) is 2.56. The van der Waals surface area contributed by atoms with E-state index in [0.717, 1.165) is 13.2 Å². The van der Waals surface area contributed by atoms with Crippen molar-refractivity contribution < 1.29 is 4.74 Å². The largest absolute Gasteiger partial charge is 0.378 e. The summed E-state index contributed by atoms with van der Waals surface area (Å²) >= 11 is 0. The molecule has 0 aromatic carbocycles. The van der Waals surface area contributed by atoms with Crippen LogP contribution in [0.3, 0.4) is 0 Å². The van der Waals surface area contributed by atoms with Gasteiger partial charge in [0.25, 0.3) is 0 Å². The van der Waals surface area contributed by atoms with E-state index in [2.05, 4.69) is 10.2 Å². The molecule has 3 nitrogen and oxygen atoms in total. The predicted molar refractivity (Wildman–Crippen MR) is 48.3 cm³/mol. The van der Waals surface area contributed by atoms with E-state index in [9.17, 15) is 0 Å². The molecule has 0 radical (unpaired) electrons. The lowest BCUT2D eigenvalue weighted by atomic mass is 10.1. The van der Waals surface area contributed by atoms with Crippen LogP contribution in [0.4, 0.5) is 0 Å². The molecular weight excluding hydrogens is 152 g/mol. The fourth-order valence-corrected chi connectivity index (χ4v) is 2.25. The number of nitrogens with one attached hydrogen (secondary N) is 1. The smallest absolute Gasteiger partial charge is 0.0638 e. The summed E-state index contributed by atoms with van der Waals surface area (Å²) in [6.07, 6.45) is 2.74. The van der Waals surface area contributed by atoms with Gasteiger partial charge in [-0.05, 0) is 33.0 Å². The monoisotopic (exact) mass is 170 g/mol. The molecule has 70 valence electrons. The van der Waals surface area contributed by atoms with Gasteiger partial charge in [-0.1, -0.05) is 0 Å². The molecule has 1 N–H and O–H groups in total. The maximum Gasteiger partial charge on any atom is 0.0638 e. The van der Waals surface area contributed by atoms with Gasteiger partial charge >= 0.3 is 0 Å². The van der Waals surface area contributed by atoms with Crippen molar-refractivity contribution in [2.75, 3.05) is 33.4 Å². The summed E-state index contributed by atoms with van der Waals surface area (Å²) in [5.74, 6) is 0. The lowest BCUT2D eigenvalue weighted by molar-refractivity contribution is 0.159. The molecule has 0 aromatic heterocycles. The topological polar surface area (TPSA) is 24.5 Å². The van der Waals surface area contributed by atoms with E-state index in [-0.39, 0.29) is 0 Å². The Morgan fingerprint density at radius 2 is 2.00 bits per heavy atom. The summed E-state index contributed by atoms with van der Waals surface area (Å²) in [6.45, 7) is 4.35. The zero-order valence-corrected chi connectivity index (χ0v) is 7.75. The molecule has 2 rings (SSSR count). The van der Waals surface area contributed by atoms with Crippen molar-refractivity contribution in [3.8, 4) is 0 Å². The molecule has 0 aliphatic carbocycles. The van der Waals surface area contributed by atoms with Crippen molar-refractivity contribution in [2.45, 2.75) is 24.9 Å². The highest BCUT2D eigenvalue weighted by Gasteiger charge is 2.32. The molecular formula is C9H18N2O. The minimum Gasteiger partial charge on any atom is -0.378 e. The van der Waals surface area contributed by atoms with E-state index < -0.39 is 0 Å². The first kappa shape index (κ1) is 8.48. The molecule has 12 heavy (non-hydrogen) atoms. The second kappa shape index (κ2) is 3.73. The number of rotatable bonds is 2. The zero-order chi connectivity index (χ0) is 8.39. The van der Waals surface area contributed by atoms with E-state index in [1.54, 1.807) is 0 Å². The van der Waals surface area contributed by atoms with Gasteiger partial charge in [0.15, 0.2) is 0 Å². The minimum absolute atomic E-state index is 0.558. The number of likely N-dealkylation sites (N-methyl/N-ethyl adjacent to an activating group) is 1. The molecule has 0 spiro atoms. The fraction of sp³-hybridized carbons (Fsp3) is 1.00. The van der Waals surface area contributed by atoms with Crippen LogP contribution in [0.25, 0.3) is 0 Å². The molecule has 0 amide bonds. The Kier molecular flexibility index (Phi) is 2.63. The molecule has 0 unspecified atom stereocenters. The van der Waals surface area contributed by atoms with Crippen LogP contribution < -0.4 is 5.32 Å². The third-order valence-electron chi connectivity index (χ3n) is 3.03. The van der Waals surface area contributed by atoms with E-state index in [4.69, 9.17) is 4.74 Å². The van der Waals surface area contributed by atoms with Gasteiger partial charge in [-0.15, -0.1) is 0 Å². The molecule has 0 saturated carbocycles. The summed E-state index contributed by atoms with van der Waals surface area (Å²) in [5, 5.41) is 3.32. The minimum atomic E-state index is 0.558. The highest BCUT2D eigenvalue weighted by atomic mass is 16.5. The van der Waals surface area contributed by atoms with Gasteiger partial charge in [0.05, 0.1) is 19.3 Å². The van der Waals surface area contributed by atoms with Gasteiger partial charge in [-0.3, -0.25) is 4.90 Å². The number of hydrogen-bond acceptors (Lipinski definition) is 3. The summed E-state index contributed by atoms with van der Waals surface area (Å²) in [5.41, 5.74) is 0. The van der Waals surface area contributed by atoms with Gasteiger partial charge in [0, 0.05) is 6.04 Å². The standard InChI is InChI=1S/C9H18N2O/c1-10-8-6-12-7-9(8)11-4-2-3-5-11/h8-10H,2-7H2,1H3/t8-,9-/m0/s1. The van der Waals surface area contributed by atoms with Crippen LogP contribution in [0.1, 0.15) is 12.8 Å². The van der Waals surface area contributed by atoms with Crippen molar-refractivity contribution >= 4 is 0 Å². The number of nitrogens with zero attached hydrogens (tertiary/aromatic N) is 1. The lowest BCUT2D eigenvalue weighted by Gasteiger charge is -2.26. The van der Waals surface area contributed by atoms with Crippen molar-refractivity contribution in [2.24, 2.45) is 0 Å². The molecule has 0 bridgehead atoms. The third-order valence-corrected chi connectivity index (χ3v) is 3.03. The Morgan fingerprint density at radius 3 is 2.67 bits per heavy atom. The third kappa shape index (κ3) is 1.49. The van der Waals surface area contributed by atoms with E-state index in [0.29, 0.717) is 12.1 Å². The molecule has 2 aliphatic rings. The van der Waals surface area contributed by atoms with Gasteiger partial charge in [0.2, 0.25) is 0 Å². The zero-order valence-electron chi connectivity index (χ0n) is 7.75. The Bertz CT molecular complexity index is 145. The van der Waals surface area contributed by atoms with Crippen molar-refractivity contribution in [1.29, 1.82) is 0 Å². The predicted octanol–water partition coefficient (Wildman–Crippen LogP) is 0.0690.